The number of nitrogens with one attached hydrogen (secondary N) is 1. The van der Waals surface area contributed by atoms with Gasteiger partial charge in [-0.05, 0) is 43.2 Å². The fraction of sp³-hybridized carbons (Fsp3) is 0.250. The first-order chi connectivity index (χ1) is 16.7. The summed E-state index contributed by atoms with van der Waals surface area (Å²) in [5, 5.41) is 2.19. The molecule has 1 aromatic heterocycles. The van der Waals surface area contributed by atoms with E-state index in [1.54, 1.807) is 4.90 Å². The lowest BCUT2D eigenvalue weighted by Gasteiger charge is -2.36. The Kier molecular flexibility index (Phi) is 7.83. The number of benzene rings is 2. The van der Waals surface area contributed by atoms with Gasteiger partial charge in [0.2, 0.25) is 5.95 Å². The summed E-state index contributed by atoms with van der Waals surface area (Å²) in [6, 6.07) is 14.7. The molecule has 1 N–H and O–H groups in total. The first-order valence-electron chi connectivity index (χ1n) is 10.6. The van der Waals surface area contributed by atoms with E-state index in [-0.39, 0.29) is 30.5 Å². The van der Waals surface area contributed by atoms with Gasteiger partial charge in [0.15, 0.2) is 5.82 Å². The van der Waals surface area contributed by atoms with Crippen LogP contribution in [0.15, 0.2) is 54.7 Å². The van der Waals surface area contributed by atoms with Crippen LogP contribution in [0.4, 0.5) is 41.1 Å². The first-order valence-corrected chi connectivity index (χ1v) is 10.6. The van der Waals surface area contributed by atoms with Crippen molar-refractivity contribution in [3.05, 3.63) is 71.4 Å². The third-order valence-corrected chi connectivity index (χ3v) is 5.20. The Morgan fingerprint density at radius 2 is 1.63 bits per heavy atom. The normalized spacial score (nSPS) is 12.9. The van der Waals surface area contributed by atoms with E-state index in [4.69, 9.17) is 9.59 Å². The lowest BCUT2D eigenvalue weighted by molar-refractivity contribution is -0.191. The van der Waals surface area contributed by atoms with E-state index in [1.807, 2.05) is 62.4 Å². The maximum Gasteiger partial charge on any atom is 0.405 e. The van der Waals surface area contributed by atoms with Crippen LogP contribution < -0.4 is 15.1 Å². The van der Waals surface area contributed by atoms with Crippen molar-refractivity contribution < 1.29 is 27.6 Å². The number of aryl methyl sites for hydroxylation is 2. The lowest BCUT2D eigenvalue weighted by atomic mass is 10.1. The van der Waals surface area contributed by atoms with Gasteiger partial charge in [-0.3, -0.25) is 4.90 Å². The van der Waals surface area contributed by atoms with Gasteiger partial charge in [-0.15, -0.1) is 0 Å². The van der Waals surface area contributed by atoms with Gasteiger partial charge in [0.05, 0.1) is 12.2 Å². The minimum absolute atomic E-state index is 0.187. The summed E-state index contributed by atoms with van der Waals surface area (Å²) in [7, 11) is 0. The van der Waals surface area contributed by atoms with E-state index < -0.39 is 12.7 Å². The number of carbonyl (C=O) groups is 1. The molecule has 0 saturated carbocycles. The monoisotopic (exact) mass is 485 g/mol. The van der Waals surface area contributed by atoms with Crippen molar-refractivity contribution >= 4 is 35.3 Å². The number of nitrogens with zero attached hydrogens (tertiary/aromatic N) is 4. The molecule has 2 heterocycles. The molecule has 2 aromatic carbocycles. The fourth-order valence-corrected chi connectivity index (χ4v) is 3.46. The number of fused-ring (bicyclic) bond motifs is 1. The summed E-state index contributed by atoms with van der Waals surface area (Å²) in [5.74, 6) is 0.0788. The second-order valence-corrected chi connectivity index (χ2v) is 7.65. The Morgan fingerprint density at radius 3 is 2.20 bits per heavy atom. The summed E-state index contributed by atoms with van der Waals surface area (Å²) in [4.78, 5) is 41.1. The van der Waals surface area contributed by atoms with E-state index in [1.165, 1.54) is 11.1 Å². The second-order valence-electron chi connectivity index (χ2n) is 7.65. The molecule has 1 aliphatic rings. The fourth-order valence-electron chi connectivity index (χ4n) is 3.46. The number of aromatic nitrogens is 2. The van der Waals surface area contributed by atoms with Crippen LogP contribution in [0.5, 0.6) is 0 Å². The number of amides is 2. The molecule has 0 fully saturated rings. The Hall–Kier alpha value is -4.24. The number of urea groups is 1. The zero-order valence-electron chi connectivity index (χ0n) is 19.0. The molecule has 0 aliphatic carbocycles. The minimum Gasteiger partial charge on any atom is -0.345 e. The standard InChI is InChI=1S/C23H22F3N5O.CO2/c1-3-16-6-10-19(11-7-16)31-20-17(12-27-21(29-20)28-14-23(24,25)26)13-30(22(31)32)18-8-4-15(2)5-9-18;2-1-3/h4-12H,3,13-14H2,1-2H3,(H,27,28,29);. The molecule has 1 aliphatic heterocycles. The van der Waals surface area contributed by atoms with Gasteiger partial charge in [0.1, 0.15) is 6.54 Å². The molecule has 0 bridgehead atoms. The highest BCUT2D eigenvalue weighted by Crippen LogP contribution is 2.36. The molecule has 8 nitrogen and oxygen atoms in total. The Labute approximate surface area is 199 Å². The maximum atomic E-state index is 13.5. The number of hydrogen-bond acceptors (Lipinski definition) is 6. The Balaban J connectivity index is 0.00000108. The summed E-state index contributed by atoms with van der Waals surface area (Å²) in [6.45, 7) is 2.93. The third kappa shape index (κ3) is 6.21. The van der Waals surface area contributed by atoms with E-state index >= 15 is 0 Å². The van der Waals surface area contributed by atoms with Crippen LogP contribution in [-0.2, 0) is 22.6 Å². The quantitative estimate of drug-likeness (QED) is 0.546. The minimum atomic E-state index is -4.41. The van der Waals surface area contributed by atoms with Crippen LogP contribution in [0.1, 0.15) is 23.6 Å². The molecule has 182 valence electrons. The maximum absolute atomic E-state index is 13.5. The molecule has 11 heteroatoms. The first kappa shape index (κ1) is 25.4. The average molecular weight is 485 g/mol. The SMILES string of the molecule is CCc1ccc(N2C(=O)N(c3ccc(C)cc3)Cc3cnc(NCC(F)(F)F)nc32)cc1.O=C=O. The summed E-state index contributed by atoms with van der Waals surface area (Å²) in [6.07, 6.45) is -1.86. The van der Waals surface area contributed by atoms with Crippen LogP contribution >= 0.6 is 0 Å². The van der Waals surface area contributed by atoms with Crippen LogP contribution in [0.3, 0.4) is 0 Å². The van der Waals surface area contributed by atoms with Crippen LogP contribution in [0.25, 0.3) is 0 Å². The topological polar surface area (TPSA) is 95.5 Å². The van der Waals surface area contributed by atoms with E-state index in [0.717, 1.165) is 17.5 Å². The van der Waals surface area contributed by atoms with Crippen molar-refractivity contribution in [2.24, 2.45) is 0 Å². The van der Waals surface area contributed by atoms with Gasteiger partial charge in [-0.25, -0.2) is 14.7 Å². The van der Waals surface area contributed by atoms with Gasteiger partial charge in [-0.1, -0.05) is 36.8 Å². The van der Waals surface area contributed by atoms with Crippen molar-refractivity contribution in [2.75, 3.05) is 21.7 Å². The molecule has 3 aromatic rings. The van der Waals surface area contributed by atoms with E-state index in [9.17, 15) is 18.0 Å². The molecule has 2 amide bonds. The molecule has 4 rings (SSSR count). The largest absolute Gasteiger partial charge is 0.405 e. The van der Waals surface area contributed by atoms with Gasteiger partial charge >= 0.3 is 18.4 Å². The van der Waals surface area contributed by atoms with E-state index in [0.29, 0.717) is 16.9 Å². The predicted molar refractivity (Wildman–Crippen MR) is 122 cm³/mol. The smallest absolute Gasteiger partial charge is 0.345 e. The third-order valence-electron chi connectivity index (χ3n) is 5.20. The van der Waals surface area contributed by atoms with Crippen molar-refractivity contribution in [1.29, 1.82) is 0 Å². The molecule has 0 radical (unpaired) electrons. The van der Waals surface area contributed by atoms with Crippen molar-refractivity contribution in [2.45, 2.75) is 33.0 Å². The lowest BCUT2D eigenvalue weighted by Crippen LogP contribution is -2.45. The Morgan fingerprint density at radius 1 is 1.03 bits per heavy atom. The van der Waals surface area contributed by atoms with Crippen molar-refractivity contribution in [3.8, 4) is 0 Å². The highest BCUT2D eigenvalue weighted by atomic mass is 19.4. The van der Waals surface area contributed by atoms with Crippen LogP contribution in [-0.4, -0.2) is 34.9 Å². The van der Waals surface area contributed by atoms with Crippen molar-refractivity contribution in [3.63, 3.8) is 0 Å². The van der Waals surface area contributed by atoms with Crippen LogP contribution in [0.2, 0.25) is 0 Å². The Bertz CT molecular complexity index is 1210. The molecule has 0 saturated heterocycles. The number of rotatable bonds is 5. The summed E-state index contributed by atoms with van der Waals surface area (Å²) < 4.78 is 37.9. The second kappa shape index (κ2) is 10.8. The highest BCUT2D eigenvalue weighted by molar-refractivity contribution is 6.10. The zero-order chi connectivity index (χ0) is 25.6. The number of halogens is 3. The highest BCUT2D eigenvalue weighted by Gasteiger charge is 2.35. The van der Waals surface area contributed by atoms with Crippen LogP contribution in [0, 0.1) is 6.92 Å². The number of carbonyl (C=O) groups excluding carboxylic acids is 3. The number of alkyl halides is 3. The molecular weight excluding hydrogens is 463 g/mol. The average Bonchev–Trinajstić information content (AvgIpc) is 2.83. The zero-order valence-corrected chi connectivity index (χ0v) is 19.0. The molecular formula is C24H22F3N5O3. The van der Waals surface area contributed by atoms with Crippen molar-refractivity contribution in [1.82, 2.24) is 9.97 Å². The number of hydrogen-bond donors (Lipinski definition) is 1. The predicted octanol–water partition coefficient (Wildman–Crippen LogP) is 5.02. The summed E-state index contributed by atoms with van der Waals surface area (Å²) in [5.41, 5.74) is 4.08. The molecule has 0 atom stereocenters. The molecule has 0 unspecified atom stereocenters. The van der Waals surface area contributed by atoms with E-state index in [2.05, 4.69) is 15.3 Å². The number of anilines is 4. The summed E-state index contributed by atoms with van der Waals surface area (Å²) >= 11 is 0. The van der Waals surface area contributed by atoms with Gasteiger partial charge in [0, 0.05) is 17.4 Å². The molecule has 0 spiro atoms. The van der Waals surface area contributed by atoms with Gasteiger partial charge in [-0.2, -0.15) is 27.7 Å². The van der Waals surface area contributed by atoms with Gasteiger partial charge < -0.3 is 5.32 Å². The molecule has 35 heavy (non-hydrogen) atoms. The van der Waals surface area contributed by atoms with Gasteiger partial charge in [0.25, 0.3) is 0 Å².